The average molecular weight is 304 g/mol. The minimum atomic E-state index is -0.216. The summed E-state index contributed by atoms with van der Waals surface area (Å²) in [6.45, 7) is 1.35. The third-order valence-corrected chi connectivity index (χ3v) is 5.44. The van der Waals surface area contributed by atoms with E-state index in [9.17, 15) is 0 Å². The summed E-state index contributed by atoms with van der Waals surface area (Å²) in [6, 6.07) is 8.79. The molecule has 2 heterocycles. The normalized spacial score (nSPS) is 29.2. The summed E-state index contributed by atoms with van der Waals surface area (Å²) < 4.78 is 11.1. The third kappa shape index (κ3) is 2.96. The minimum Gasteiger partial charge on any atom is -0.346 e. The zero-order valence-corrected chi connectivity index (χ0v) is 12.8. The smallest absolute Gasteiger partial charge is 0.184 e. The van der Waals surface area contributed by atoms with E-state index in [1.165, 1.54) is 25.0 Å². The maximum Gasteiger partial charge on any atom is 0.184 e. The molecule has 1 aliphatic carbocycles. The zero-order valence-electron chi connectivity index (χ0n) is 12.0. The van der Waals surface area contributed by atoms with Crippen molar-refractivity contribution in [3.05, 3.63) is 29.8 Å². The Hall–Kier alpha value is -1.04. The van der Waals surface area contributed by atoms with Crippen molar-refractivity contribution in [2.24, 2.45) is 10.9 Å². The molecule has 0 bridgehead atoms. The van der Waals surface area contributed by atoms with E-state index in [0.29, 0.717) is 19.3 Å². The number of nitrogens with one attached hydrogen (secondary N) is 1. The van der Waals surface area contributed by atoms with Gasteiger partial charge in [0.2, 0.25) is 0 Å². The van der Waals surface area contributed by atoms with E-state index in [-0.39, 0.29) is 6.29 Å². The van der Waals surface area contributed by atoms with Crippen molar-refractivity contribution in [3.8, 4) is 0 Å². The quantitative estimate of drug-likeness (QED) is 0.909. The maximum atomic E-state index is 5.56. The molecule has 0 radical (unpaired) electrons. The second-order valence-corrected chi connectivity index (χ2v) is 6.84. The van der Waals surface area contributed by atoms with Gasteiger partial charge in [-0.15, -0.1) is 0 Å². The van der Waals surface area contributed by atoms with Crippen LogP contribution in [0.2, 0.25) is 0 Å². The van der Waals surface area contributed by atoms with Crippen molar-refractivity contribution in [3.63, 3.8) is 0 Å². The molecular formula is C16H20N2O2S. The molecule has 2 unspecified atom stereocenters. The van der Waals surface area contributed by atoms with Gasteiger partial charge in [-0.05, 0) is 30.9 Å². The van der Waals surface area contributed by atoms with Crippen LogP contribution < -0.4 is 5.32 Å². The summed E-state index contributed by atoms with van der Waals surface area (Å²) >= 11 is 1.85. The SMILES string of the molecule is c1cc(NC2=NC3CCCC3CS2)cc(C2OCCO2)c1. The summed E-state index contributed by atoms with van der Waals surface area (Å²) in [4.78, 5) is 4.87. The van der Waals surface area contributed by atoms with Crippen LogP contribution in [0.15, 0.2) is 29.3 Å². The van der Waals surface area contributed by atoms with E-state index in [1.807, 2.05) is 23.9 Å². The summed E-state index contributed by atoms with van der Waals surface area (Å²) in [7, 11) is 0. The Morgan fingerprint density at radius 2 is 2.10 bits per heavy atom. The fraction of sp³-hybridized carbons (Fsp3) is 0.562. The van der Waals surface area contributed by atoms with Gasteiger partial charge < -0.3 is 14.8 Å². The van der Waals surface area contributed by atoms with Gasteiger partial charge in [0.05, 0.1) is 19.3 Å². The molecule has 1 aromatic carbocycles. The Bertz CT molecular complexity index is 543. The highest BCUT2D eigenvalue weighted by molar-refractivity contribution is 8.14. The van der Waals surface area contributed by atoms with Crippen LogP contribution >= 0.6 is 11.8 Å². The highest BCUT2D eigenvalue weighted by atomic mass is 32.2. The summed E-state index contributed by atoms with van der Waals surface area (Å²) in [5.74, 6) is 2.00. The lowest BCUT2D eigenvalue weighted by atomic mass is 10.1. The fourth-order valence-corrected chi connectivity index (χ4v) is 4.42. The number of anilines is 1. The van der Waals surface area contributed by atoms with Crippen LogP contribution in [0.5, 0.6) is 0 Å². The largest absolute Gasteiger partial charge is 0.346 e. The maximum absolute atomic E-state index is 5.56. The van der Waals surface area contributed by atoms with Crippen molar-refractivity contribution in [1.82, 2.24) is 0 Å². The standard InChI is InChI=1S/C16H20N2O2S/c1-3-11(15-19-7-8-20-15)9-13(5-1)17-16-18-14-6-2-4-12(14)10-21-16/h1,3,5,9,12,14-15H,2,4,6-8,10H2,(H,17,18). The van der Waals surface area contributed by atoms with Gasteiger partial charge in [-0.3, -0.25) is 4.99 Å². The predicted molar refractivity (Wildman–Crippen MR) is 85.7 cm³/mol. The number of fused-ring (bicyclic) bond motifs is 1. The highest BCUT2D eigenvalue weighted by Crippen LogP contribution is 2.36. The molecule has 1 N–H and O–H groups in total. The minimum absolute atomic E-state index is 0.216. The number of thioether (sulfide) groups is 1. The molecule has 0 aromatic heterocycles. The van der Waals surface area contributed by atoms with Crippen LogP contribution in [0.25, 0.3) is 0 Å². The molecule has 21 heavy (non-hydrogen) atoms. The topological polar surface area (TPSA) is 42.9 Å². The molecule has 1 saturated heterocycles. The molecule has 4 nitrogen and oxygen atoms in total. The second-order valence-electron chi connectivity index (χ2n) is 5.83. The molecule has 0 amide bonds. The first-order chi connectivity index (χ1) is 10.4. The van der Waals surface area contributed by atoms with Gasteiger partial charge in [0, 0.05) is 17.0 Å². The van der Waals surface area contributed by atoms with E-state index in [1.54, 1.807) is 0 Å². The Morgan fingerprint density at radius 1 is 1.19 bits per heavy atom. The molecule has 1 saturated carbocycles. The van der Waals surface area contributed by atoms with Gasteiger partial charge >= 0.3 is 0 Å². The van der Waals surface area contributed by atoms with Crippen LogP contribution in [0.4, 0.5) is 5.69 Å². The van der Waals surface area contributed by atoms with Crippen LogP contribution in [0.3, 0.4) is 0 Å². The molecule has 1 aromatic rings. The van der Waals surface area contributed by atoms with Crippen LogP contribution in [0.1, 0.15) is 31.1 Å². The summed E-state index contributed by atoms with van der Waals surface area (Å²) in [6.07, 6.45) is 3.71. The number of amidine groups is 1. The van der Waals surface area contributed by atoms with Crippen LogP contribution in [-0.2, 0) is 9.47 Å². The Balaban J connectivity index is 1.48. The number of nitrogens with zero attached hydrogens (tertiary/aromatic N) is 1. The first-order valence-electron chi connectivity index (χ1n) is 7.69. The fourth-order valence-electron chi connectivity index (χ4n) is 3.26. The third-order valence-electron chi connectivity index (χ3n) is 4.37. The van der Waals surface area contributed by atoms with Gasteiger partial charge in [0.1, 0.15) is 0 Å². The lowest BCUT2D eigenvalue weighted by Gasteiger charge is -2.23. The van der Waals surface area contributed by atoms with Gasteiger partial charge in [0.15, 0.2) is 11.5 Å². The molecule has 2 fully saturated rings. The lowest BCUT2D eigenvalue weighted by molar-refractivity contribution is -0.0440. The van der Waals surface area contributed by atoms with Crippen LogP contribution in [-0.4, -0.2) is 30.2 Å². The summed E-state index contributed by atoms with van der Waals surface area (Å²) in [5, 5.41) is 4.52. The van der Waals surface area contributed by atoms with Gasteiger partial charge in [-0.2, -0.15) is 0 Å². The van der Waals surface area contributed by atoms with Crippen molar-refractivity contribution in [2.45, 2.75) is 31.6 Å². The number of ether oxygens (including phenoxy) is 2. The monoisotopic (exact) mass is 304 g/mol. The average Bonchev–Trinajstić information content (AvgIpc) is 3.18. The zero-order chi connectivity index (χ0) is 14.1. The van der Waals surface area contributed by atoms with E-state index in [2.05, 4.69) is 17.4 Å². The Labute approximate surface area is 129 Å². The number of aliphatic imine (C=N–C) groups is 1. The predicted octanol–water partition coefficient (Wildman–Crippen LogP) is 3.42. The highest BCUT2D eigenvalue weighted by Gasteiger charge is 2.31. The Kier molecular flexibility index (Phi) is 3.88. The van der Waals surface area contributed by atoms with Gasteiger partial charge in [-0.1, -0.05) is 30.3 Å². The first-order valence-corrected chi connectivity index (χ1v) is 8.68. The molecule has 2 aliphatic heterocycles. The van der Waals surface area contributed by atoms with E-state index in [0.717, 1.165) is 22.3 Å². The van der Waals surface area contributed by atoms with Gasteiger partial charge in [-0.25, -0.2) is 0 Å². The number of benzene rings is 1. The number of rotatable bonds is 2. The van der Waals surface area contributed by atoms with E-state index in [4.69, 9.17) is 14.5 Å². The molecule has 2 atom stereocenters. The van der Waals surface area contributed by atoms with Gasteiger partial charge in [0.25, 0.3) is 0 Å². The second kappa shape index (κ2) is 5.99. The molecule has 3 aliphatic rings. The van der Waals surface area contributed by atoms with Crippen LogP contribution in [0, 0.1) is 5.92 Å². The number of hydrogen-bond donors (Lipinski definition) is 1. The van der Waals surface area contributed by atoms with Crippen molar-refractivity contribution >= 4 is 22.6 Å². The molecule has 5 heteroatoms. The molecule has 4 rings (SSSR count). The first kappa shape index (κ1) is 13.6. The lowest BCUT2D eigenvalue weighted by Crippen LogP contribution is -2.25. The summed E-state index contributed by atoms with van der Waals surface area (Å²) in [5.41, 5.74) is 2.13. The van der Waals surface area contributed by atoms with Crippen molar-refractivity contribution < 1.29 is 9.47 Å². The van der Waals surface area contributed by atoms with E-state index < -0.39 is 0 Å². The van der Waals surface area contributed by atoms with Crippen molar-refractivity contribution in [2.75, 3.05) is 24.3 Å². The molecular weight excluding hydrogens is 284 g/mol. The number of hydrogen-bond acceptors (Lipinski definition) is 5. The molecule has 112 valence electrons. The molecule has 0 spiro atoms. The van der Waals surface area contributed by atoms with Crippen molar-refractivity contribution in [1.29, 1.82) is 0 Å². The Morgan fingerprint density at radius 3 is 3.00 bits per heavy atom. The van der Waals surface area contributed by atoms with E-state index >= 15 is 0 Å².